The average Bonchev–Trinajstić information content (AvgIpc) is 2.77. The van der Waals surface area contributed by atoms with Crippen LogP contribution in [0.4, 0.5) is 0 Å². The zero-order valence-corrected chi connectivity index (χ0v) is 17.2. The second-order valence-corrected chi connectivity index (χ2v) is 7.24. The first-order chi connectivity index (χ1) is 14.6. The van der Waals surface area contributed by atoms with Crippen LogP contribution in [0.5, 0.6) is 0 Å². The maximum absolute atomic E-state index is 12.5. The molecule has 0 radical (unpaired) electrons. The number of fused-ring (bicyclic) bond motifs is 1. The summed E-state index contributed by atoms with van der Waals surface area (Å²) in [6, 6.07) is 7.02. The van der Waals surface area contributed by atoms with E-state index in [9.17, 15) is 14.4 Å². The lowest BCUT2D eigenvalue weighted by atomic mass is 10.2. The summed E-state index contributed by atoms with van der Waals surface area (Å²) in [6.45, 7) is 4.17. The number of carbonyl (C=O) groups excluding carboxylic acids is 2. The molecule has 1 N–H and O–H groups in total. The van der Waals surface area contributed by atoms with Gasteiger partial charge < -0.3 is 15.0 Å². The largest absolute Gasteiger partial charge is 0.385 e. The molecular formula is C20H28N6O4. The van der Waals surface area contributed by atoms with Crippen LogP contribution >= 0.6 is 0 Å². The summed E-state index contributed by atoms with van der Waals surface area (Å²) in [5.41, 5.74) is 0.304. The monoisotopic (exact) mass is 416 g/mol. The molecule has 2 amide bonds. The van der Waals surface area contributed by atoms with Crippen LogP contribution in [-0.4, -0.2) is 89.6 Å². The molecule has 0 saturated carbocycles. The SMILES string of the molecule is COCCCNC(=O)CN1CCN(C(=O)CCn2nnc3ccccc3c2=O)CC1. The summed E-state index contributed by atoms with van der Waals surface area (Å²) in [5.74, 6) is -0.0411. The lowest BCUT2D eigenvalue weighted by Crippen LogP contribution is -2.51. The molecular weight excluding hydrogens is 388 g/mol. The molecule has 10 nitrogen and oxygen atoms in total. The number of amides is 2. The van der Waals surface area contributed by atoms with Gasteiger partial charge in [-0.3, -0.25) is 19.3 Å². The van der Waals surface area contributed by atoms with E-state index in [1.165, 1.54) is 4.68 Å². The van der Waals surface area contributed by atoms with Crippen molar-refractivity contribution in [2.45, 2.75) is 19.4 Å². The maximum atomic E-state index is 12.5. The number of aromatic nitrogens is 3. The Labute approximate surface area is 174 Å². The fraction of sp³-hybridized carbons (Fsp3) is 0.550. The minimum atomic E-state index is -0.241. The molecule has 0 atom stereocenters. The van der Waals surface area contributed by atoms with Gasteiger partial charge in [0.25, 0.3) is 5.56 Å². The molecule has 1 fully saturated rings. The van der Waals surface area contributed by atoms with Crippen molar-refractivity contribution in [3.8, 4) is 0 Å². The quantitative estimate of drug-likeness (QED) is 0.548. The first-order valence-corrected chi connectivity index (χ1v) is 10.2. The van der Waals surface area contributed by atoms with Crippen LogP contribution in [0.25, 0.3) is 10.9 Å². The number of ether oxygens (including phenoxy) is 1. The van der Waals surface area contributed by atoms with Gasteiger partial charge in [0, 0.05) is 52.9 Å². The molecule has 10 heteroatoms. The lowest BCUT2D eigenvalue weighted by molar-refractivity contribution is -0.133. The van der Waals surface area contributed by atoms with E-state index in [4.69, 9.17) is 4.74 Å². The number of piperazine rings is 1. The molecule has 1 aromatic heterocycles. The number of aryl methyl sites for hydroxylation is 1. The van der Waals surface area contributed by atoms with Gasteiger partial charge in [0.1, 0.15) is 5.52 Å². The van der Waals surface area contributed by atoms with Crippen LogP contribution < -0.4 is 10.9 Å². The zero-order chi connectivity index (χ0) is 21.3. The van der Waals surface area contributed by atoms with E-state index in [1.54, 1.807) is 36.3 Å². The van der Waals surface area contributed by atoms with E-state index >= 15 is 0 Å². The third-order valence-corrected chi connectivity index (χ3v) is 5.11. The van der Waals surface area contributed by atoms with Gasteiger partial charge in [0.15, 0.2) is 0 Å². The number of methoxy groups -OCH3 is 1. The molecule has 162 valence electrons. The summed E-state index contributed by atoms with van der Waals surface area (Å²) < 4.78 is 6.20. The van der Waals surface area contributed by atoms with Gasteiger partial charge in [-0.15, -0.1) is 5.10 Å². The first kappa shape index (κ1) is 21.8. The van der Waals surface area contributed by atoms with Crippen molar-refractivity contribution in [1.82, 2.24) is 30.1 Å². The van der Waals surface area contributed by atoms with Gasteiger partial charge in [-0.2, -0.15) is 0 Å². The van der Waals surface area contributed by atoms with Crippen molar-refractivity contribution < 1.29 is 14.3 Å². The zero-order valence-electron chi connectivity index (χ0n) is 17.2. The number of carbonyl (C=O) groups is 2. The van der Waals surface area contributed by atoms with E-state index in [2.05, 4.69) is 15.6 Å². The highest BCUT2D eigenvalue weighted by Crippen LogP contribution is 2.06. The summed E-state index contributed by atoms with van der Waals surface area (Å²) in [6.07, 6.45) is 0.974. The minimum absolute atomic E-state index is 0.0138. The van der Waals surface area contributed by atoms with E-state index in [1.807, 2.05) is 4.90 Å². The van der Waals surface area contributed by atoms with Crippen molar-refractivity contribution in [3.05, 3.63) is 34.6 Å². The smallest absolute Gasteiger partial charge is 0.277 e. The van der Waals surface area contributed by atoms with Gasteiger partial charge in [-0.1, -0.05) is 17.3 Å². The number of benzene rings is 1. The molecule has 1 aromatic carbocycles. The van der Waals surface area contributed by atoms with Crippen molar-refractivity contribution in [1.29, 1.82) is 0 Å². The fourth-order valence-electron chi connectivity index (χ4n) is 3.39. The third kappa shape index (κ3) is 5.83. The predicted molar refractivity (Wildman–Crippen MR) is 111 cm³/mol. The van der Waals surface area contributed by atoms with Crippen LogP contribution in [0.15, 0.2) is 29.1 Å². The molecule has 0 bridgehead atoms. The van der Waals surface area contributed by atoms with Gasteiger partial charge in [0.05, 0.1) is 18.5 Å². The topological polar surface area (TPSA) is 110 Å². The number of rotatable bonds is 9. The normalized spacial score (nSPS) is 14.8. The second kappa shape index (κ2) is 10.8. The summed E-state index contributed by atoms with van der Waals surface area (Å²) in [7, 11) is 1.64. The molecule has 0 spiro atoms. The highest BCUT2D eigenvalue weighted by molar-refractivity contribution is 5.78. The summed E-state index contributed by atoms with van der Waals surface area (Å²) in [4.78, 5) is 40.8. The Balaban J connectivity index is 1.42. The van der Waals surface area contributed by atoms with Gasteiger partial charge in [-0.25, -0.2) is 4.68 Å². The van der Waals surface area contributed by atoms with Gasteiger partial charge >= 0.3 is 0 Å². The standard InChI is InChI=1S/C20H28N6O4/c1-30-14-4-8-21-18(27)15-24-10-12-25(13-11-24)19(28)7-9-26-20(29)16-5-2-3-6-17(16)22-23-26/h2-3,5-6H,4,7-15H2,1H3,(H,21,27). The second-order valence-electron chi connectivity index (χ2n) is 7.24. The average molecular weight is 416 g/mol. The molecule has 1 aliphatic heterocycles. The summed E-state index contributed by atoms with van der Waals surface area (Å²) in [5, 5.41) is 11.3. The molecule has 0 aliphatic carbocycles. The minimum Gasteiger partial charge on any atom is -0.385 e. The maximum Gasteiger partial charge on any atom is 0.277 e. The highest BCUT2D eigenvalue weighted by atomic mass is 16.5. The Morgan fingerprint density at radius 1 is 1.17 bits per heavy atom. The molecule has 3 rings (SSSR count). The highest BCUT2D eigenvalue weighted by Gasteiger charge is 2.22. The Bertz CT molecular complexity index is 923. The van der Waals surface area contributed by atoms with Crippen molar-refractivity contribution >= 4 is 22.7 Å². The third-order valence-electron chi connectivity index (χ3n) is 5.11. The van der Waals surface area contributed by atoms with Crippen LogP contribution in [0.3, 0.4) is 0 Å². The molecule has 30 heavy (non-hydrogen) atoms. The van der Waals surface area contributed by atoms with Crippen molar-refractivity contribution in [3.63, 3.8) is 0 Å². The molecule has 2 heterocycles. The first-order valence-electron chi connectivity index (χ1n) is 10.2. The number of nitrogens with zero attached hydrogens (tertiary/aromatic N) is 5. The van der Waals surface area contributed by atoms with Crippen molar-refractivity contribution in [2.24, 2.45) is 0 Å². The molecule has 0 unspecified atom stereocenters. The van der Waals surface area contributed by atoms with E-state index in [0.717, 1.165) is 6.42 Å². The number of nitrogens with one attached hydrogen (secondary N) is 1. The van der Waals surface area contributed by atoms with Crippen LogP contribution in [-0.2, 0) is 20.9 Å². The summed E-state index contributed by atoms with van der Waals surface area (Å²) >= 11 is 0. The number of hydrogen-bond donors (Lipinski definition) is 1. The molecule has 2 aromatic rings. The Hall–Kier alpha value is -2.85. The molecule has 1 saturated heterocycles. The Kier molecular flexibility index (Phi) is 7.86. The van der Waals surface area contributed by atoms with E-state index in [0.29, 0.717) is 56.8 Å². The predicted octanol–water partition coefficient (Wildman–Crippen LogP) is -0.521. The van der Waals surface area contributed by atoms with Gasteiger partial charge in [0.2, 0.25) is 11.8 Å². The molecule has 1 aliphatic rings. The fourth-order valence-corrected chi connectivity index (χ4v) is 3.39. The Morgan fingerprint density at radius 2 is 1.93 bits per heavy atom. The van der Waals surface area contributed by atoms with Crippen LogP contribution in [0.2, 0.25) is 0 Å². The number of hydrogen-bond acceptors (Lipinski definition) is 7. The Morgan fingerprint density at radius 3 is 2.70 bits per heavy atom. The van der Waals surface area contributed by atoms with Crippen LogP contribution in [0, 0.1) is 0 Å². The lowest BCUT2D eigenvalue weighted by Gasteiger charge is -2.34. The van der Waals surface area contributed by atoms with Crippen molar-refractivity contribution in [2.75, 3.05) is 53.0 Å². The van der Waals surface area contributed by atoms with Crippen LogP contribution in [0.1, 0.15) is 12.8 Å². The van der Waals surface area contributed by atoms with E-state index < -0.39 is 0 Å². The van der Waals surface area contributed by atoms with E-state index in [-0.39, 0.29) is 30.3 Å². The van der Waals surface area contributed by atoms with Gasteiger partial charge in [-0.05, 0) is 18.6 Å².